The molecule has 0 aromatic heterocycles. The van der Waals surface area contributed by atoms with Crippen LogP contribution in [0.15, 0.2) is 23.3 Å². The number of phenolic OH excluding ortho intramolecular Hbond substituents is 2. The Morgan fingerprint density at radius 3 is 1.51 bits per heavy atom. The number of phenols is 2. The van der Waals surface area contributed by atoms with E-state index in [2.05, 4.69) is 0 Å². The van der Waals surface area contributed by atoms with Crippen LogP contribution in [-0.2, 0) is 45.1 Å². The molecule has 0 aliphatic carbocycles. The van der Waals surface area contributed by atoms with Crippen molar-refractivity contribution in [3.63, 3.8) is 0 Å². The van der Waals surface area contributed by atoms with Crippen molar-refractivity contribution in [3.8, 4) is 23.0 Å². The Morgan fingerprint density at radius 2 is 1.17 bits per heavy atom. The maximum absolute atomic E-state index is 11.8. The minimum absolute atomic E-state index is 0. The smallest absolute Gasteiger partial charge is 1.00 e. The molecule has 0 atom stereocenters. The van der Waals surface area contributed by atoms with Crippen LogP contribution in [0.4, 0.5) is 0 Å². The number of hydrogen-bond donors (Lipinski definition) is 3. The van der Waals surface area contributed by atoms with Crippen LogP contribution in [0.3, 0.4) is 0 Å². The van der Waals surface area contributed by atoms with Crippen molar-refractivity contribution < 1.29 is 89.5 Å². The number of carbonyl (C=O) groups excluding carboxylic acids is 3. The van der Waals surface area contributed by atoms with Crippen LogP contribution in [0.5, 0.6) is 23.0 Å². The van der Waals surface area contributed by atoms with Crippen molar-refractivity contribution in [1.82, 2.24) is 0 Å². The van der Waals surface area contributed by atoms with Crippen molar-refractivity contribution in [3.05, 3.63) is 67.8 Å². The average Bonchev–Trinajstić information content (AvgIpc) is 3.60. The first-order valence-corrected chi connectivity index (χ1v) is 14.6. The third-order valence-electron chi connectivity index (χ3n) is 8.06. The van der Waals surface area contributed by atoms with E-state index >= 15 is 0 Å². The van der Waals surface area contributed by atoms with E-state index in [0.717, 1.165) is 22.3 Å². The monoisotopic (exact) mass is 663 g/mol. The Kier molecular flexibility index (Phi) is 14.4. The summed E-state index contributed by atoms with van der Waals surface area (Å²) in [6.07, 6.45) is 5.14. The van der Waals surface area contributed by atoms with Crippen LogP contribution in [0.25, 0.3) is 0 Å². The quantitative estimate of drug-likeness (QED) is 0.168. The topological polar surface area (TPSA) is 189 Å². The minimum Gasteiger partial charge on any atom is -1.00 e. The minimum atomic E-state index is -1.10. The van der Waals surface area contributed by atoms with Gasteiger partial charge in [0.05, 0.1) is 14.2 Å². The number of aliphatic carboxylic acids is 2. The number of cyclic esters (lactones) is 2. The number of benzene rings is 2. The molecule has 0 unspecified atom stereocenters. The molecule has 0 spiro atoms. The van der Waals surface area contributed by atoms with Crippen LogP contribution in [-0.4, -0.2) is 53.4 Å². The number of hydrogen-bond acceptors (Lipinski definition) is 11. The SMILES string of the molecule is COc1c(C)c2c(c(O)c1C/C=C(\C)CCC(=O)O)C(=O)OC2.COc1c(C)c2c(c(O)c1C/C=C(\C)CCC(=O)[O-])C(=O)OC2.[H-].[Na+]. The summed E-state index contributed by atoms with van der Waals surface area (Å²) < 4.78 is 20.8. The summed E-state index contributed by atoms with van der Waals surface area (Å²) >= 11 is 0. The van der Waals surface area contributed by atoms with Crippen molar-refractivity contribution >= 4 is 23.9 Å². The van der Waals surface area contributed by atoms with E-state index < -0.39 is 23.9 Å². The van der Waals surface area contributed by atoms with Crippen LogP contribution >= 0.6 is 0 Å². The molecule has 0 radical (unpaired) electrons. The predicted molar refractivity (Wildman–Crippen MR) is 164 cm³/mol. The van der Waals surface area contributed by atoms with Gasteiger partial charge < -0.3 is 45.6 Å². The number of carboxylic acids is 2. The third kappa shape index (κ3) is 9.09. The van der Waals surface area contributed by atoms with E-state index in [1.165, 1.54) is 14.2 Å². The van der Waals surface area contributed by atoms with E-state index in [0.29, 0.717) is 59.4 Å². The van der Waals surface area contributed by atoms with E-state index in [4.69, 9.17) is 24.1 Å². The summed E-state index contributed by atoms with van der Waals surface area (Å²) in [5.74, 6) is -2.23. The van der Waals surface area contributed by atoms with Gasteiger partial charge in [-0.25, -0.2) is 9.59 Å². The molecule has 47 heavy (non-hydrogen) atoms. The number of methoxy groups -OCH3 is 2. The second kappa shape index (κ2) is 17.2. The van der Waals surface area contributed by atoms with Gasteiger partial charge in [-0.1, -0.05) is 23.3 Å². The first-order valence-electron chi connectivity index (χ1n) is 14.6. The average molecular weight is 664 g/mol. The molecular weight excluding hydrogens is 623 g/mol. The fourth-order valence-corrected chi connectivity index (χ4v) is 5.42. The molecule has 3 N–H and O–H groups in total. The number of esters is 2. The van der Waals surface area contributed by atoms with Gasteiger partial charge in [0.25, 0.3) is 0 Å². The summed E-state index contributed by atoms with van der Waals surface area (Å²) in [7, 11) is 3.01. The van der Waals surface area contributed by atoms with Crippen molar-refractivity contribution in [1.29, 1.82) is 0 Å². The normalized spacial score (nSPS) is 13.4. The van der Waals surface area contributed by atoms with Gasteiger partial charge in [-0.15, -0.1) is 0 Å². The summed E-state index contributed by atoms with van der Waals surface area (Å²) in [5.41, 5.74) is 6.00. The number of carbonyl (C=O) groups is 4. The van der Waals surface area contributed by atoms with E-state index in [9.17, 15) is 34.5 Å². The molecule has 2 aromatic carbocycles. The molecule has 2 aromatic rings. The Labute approximate surface area is 296 Å². The molecule has 4 rings (SSSR count). The molecular formula is C34H40NaO12-. The van der Waals surface area contributed by atoms with Gasteiger partial charge >= 0.3 is 47.5 Å². The van der Waals surface area contributed by atoms with E-state index in [1.807, 2.05) is 32.9 Å². The van der Waals surface area contributed by atoms with E-state index in [1.54, 1.807) is 6.92 Å². The number of ether oxygens (including phenoxy) is 4. The molecule has 0 fully saturated rings. The van der Waals surface area contributed by atoms with Gasteiger partial charge in [-0.2, -0.15) is 0 Å². The zero-order valence-corrected chi connectivity index (χ0v) is 29.8. The number of allylic oxidation sites excluding steroid dienone is 4. The Balaban J connectivity index is 0.000000461. The van der Waals surface area contributed by atoms with Crippen LogP contribution in [0, 0.1) is 13.8 Å². The molecule has 0 amide bonds. The van der Waals surface area contributed by atoms with Gasteiger partial charge in [-0.3, -0.25) is 4.79 Å². The van der Waals surface area contributed by atoms with Gasteiger partial charge in [-0.05, 0) is 70.9 Å². The second-order valence-electron chi connectivity index (χ2n) is 11.1. The number of carboxylic acid groups (broad SMARTS) is 2. The standard InChI is InChI=1S/2C17H20O6.Na.H/c2*1-9(5-7-13(18)19)4-6-11-15(20)14-12(8-23-17(14)21)10(2)16(11)22-3;;/h2*4,20H,5-8H2,1-3H3,(H,18,19);;/q;;+1;-1/p-1/b2*9-4+;;. The molecule has 2 heterocycles. The maximum atomic E-state index is 11.8. The van der Waals surface area contributed by atoms with Gasteiger partial charge in [0.15, 0.2) is 0 Å². The van der Waals surface area contributed by atoms with Crippen LogP contribution < -0.4 is 44.1 Å². The molecule has 2 aliphatic heterocycles. The summed E-state index contributed by atoms with van der Waals surface area (Å²) in [5, 5.41) is 40.1. The second-order valence-corrected chi connectivity index (χ2v) is 11.1. The zero-order valence-electron chi connectivity index (χ0n) is 28.8. The van der Waals surface area contributed by atoms with Crippen molar-refractivity contribution in [2.75, 3.05) is 14.2 Å². The Bertz CT molecular complexity index is 1510. The fourth-order valence-electron chi connectivity index (χ4n) is 5.42. The van der Waals surface area contributed by atoms with Crippen molar-refractivity contribution in [2.24, 2.45) is 0 Å². The molecule has 0 saturated carbocycles. The molecule has 0 saturated heterocycles. The largest absolute Gasteiger partial charge is 1.00 e. The number of fused-ring (bicyclic) bond motifs is 2. The number of rotatable bonds is 12. The summed E-state index contributed by atoms with van der Waals surface area (Å²) in [4.78, 5) is 44.7. The predicted octanol–water partition coefficient (Wildman–Crippen LogP) is 1.25. The summed E-state index contributed by atoms with van der Waals surface area (Å²) in [6, 6.07) is 0. The first kappa shape index (κ1) is 39.2. The first-order chi connectivity index (χ1) is 21.7. The molecule has 12 nitrogen and oxygen atoms in total. The molecule has 0 bridgehead atoms. The maximum Gasteiger partial charge on any atom is 1.00 e. The summed E-state index contributed by atoms with van der Waals surface area (Å²) in [6.45, 7) is 7.54. The molecule has 13 heteroatoms. The van der Waals surface area contributed by atoms with Crippen LogP contribution in [0.1, 0.15) is 95.1 Å². The van der Waals surface area contributed by atoms with Gasteiger partial charge in [0, 0.05) is 34.6 Å². The zero-order chi connectivity index (χ0) is 34.3. The van der Waals surface area contributed by atoms with Crippen LogP contribution in [0.2, 0.25) is 0 Å². The van der Waals surface area contributed by atoms with Gasteiger partial charge in [0.2, 0.25) is 0 Å². The third-order valence-corrected chi connectivity index (χ3v) is 8.06. The molecule has 250 valence electrons. The van der Waals surface area contributed by atoms with Gasteiger partial charge in [0.1, 0.15) is 47.3 Å². The fraction of sp³-hybridized carbons (Fsp3) is 0.412. The Morgan fingerprint density at radius 1 is 0.787 bits per heavy atom. The number of aromatic hydroxyl groups is 2. The Hall–Kier alpha value is -4.00. The van der Waals surface area contributed by atoms with Crippen molar-refractivity contribution in [2.45, 2.75) is 79.4 Å². The van der Waals surface area contributed by atoms with E-state index in [-0.39, 0.29) is 79.7 Å². The molecule has 2 aliphatic rings.